The third kappa shape index (κ3) is 2.98. The van der Waals surface area contributed by atoms with E-state index in [4.69, 9.17) is 0 Å². The minimum atomic E-state index is -3.64. The third-order valence-corrected chi connectivity index (χ3v) is 1.70. The van der Waals surface area contributed by atoms with Gasteiger partial charge in [0.05, 0.1) is 0 Å². The molecular formula is C11H13F2NO2. The summed E-state index contributed by atoms with van der Waals surface area (Å²) in [7, 11) is 0. The van der Waals surface area contributed by atoms with Gasteiger partial charge >= 0.3 is 11.9 Å². The number of rotatable bonds is 2. The Morgan fingerprint density at radius 1 is 1.25 bits per heavy atom. The van der Waals surface area contributed by atoms with Crippen LogP contribution in [0.5, 0.6) is 0 Å². The molecule has 0 unspecified atom stereocenters. The summed E-state index contributed by atoms with van der Waals surface area (Å²) in [5.41, 5.74) is -1.36. The number of aromatic nitrogens is 1. The summed E-state index contributed by atoms with van der Waals surface area (Å²) in [5.74, 6) is -5.19. The Kier molecular flexibility index (Phi) is 3.26. The highest BCUT2D eigenvalue weighted by Gasteiger charge is 2.44. The molecule has 0 amide bonds. The van der Waals surface area contributed by atoms with Gasteiger partial charge in [-0.15, -0.1) is 0 Å². The van der Waals surface area contributed by atoms with E-state index >= 15 is 0 Å². The predicted octanol–water partition coefficient (Wildman–Crippen LogP) is 2.52. The summed E-state index contributed by atoms with van der Waals surface area (Å²) < 4.78 is 31.8. The summed E-state index contributed by atoms with van der Waals surface area (Å²) in [6, 6.07) is 2.17. The van der Waals surface area contributed by atoms with Gasteiger partial charge in [0.2, 0.25) is 0 Å². The summed E-state index contributed by atoms with van der Waals surface area (Å²) in [4.78, 5) is 14.9. The highest BCUT2D eigenvalue weighted by Crippen LogP contribution is 2.30. The number of nitrogens with zero attached hydrogens (tertiary/aromatic N) is 1. The van der Waals surface area contributed by atoms with Gasteiger partial charge < -0.3 is 4.74 Å². The fraction of sp³-hybridized carbons (Fsp3) is 0.455. The fourth-order valence-electron chi connectivity index (χ4n) is 1.02. The molecule has 1 aromatic heterocycles. The summed E-state index contributed by atoms with van der Waals surface area (Å²) >= 11 is 0. The zero-order chi connectivity index (χ0) is 12.4. The Hall–Kier alpha value is -1.52. The number of hydrogen-bond acceptors (Lipinski definition) is 3. The van der Waals surface area contributed by atoms with Gasteiger partial charge in [-0.2, -0.15) is 8.78 Å². The molecule has 0 saturated heterocycles. The molecule has 0 aliphatic heterocycles. The van der Waals surface area contributed by atoms with Crippen LogP contribution in [0.25, 0.3) is 0 Å². The third-order valence-electron chi connectivity index (χ3n) is 1.70. The molecule has 16 heavy (non-hydrogen) atoms. The maximum absolute atomic E-state index is 13.6. The first-order valence-corrected chi connectivity index (χ1v) is 4.75. The van der Waals surface area contributed by atoms with Crippen LogP contribution in [-0.2, 0) is 15.5 Å². The smallest absolute Gasteiger partial charge is 0.382 e. The highest BCUT2D eigenvalue weighted by molar-refractivity contribution is 5.79. The lowest BCUT2D eigenvalue weighted by Crippen LogP contribution is -2.34. The van der Waals surface area contributed by atoms with Crippen LogP contribution in [0, 0.1) is 0 Å². The monoisotopic (exact) mass is 229 g/mol. The number of pyridine rings is 1. The van der Waals surface area contributed by atoms with E-state index in [0.717, 1.165) is 12.1 Å². The van der Waals surface area contributed by atoms with Crippen molar-refractivity contribution in [3.63, 3.8) is 0 Å². The molecule has 1 aromatic rings. The largest absolute Gasteiger partial charge is 0.455 e. The zero-order valence-electron chi connectivity index (χ0n) is 9.33. The molecule has 1 rings (SSSR count). The van der Waals surface area contributed by atoms with Gasteiger partial charge in [-0.1, -0.05) is 0 Å². The van der Waals surface area contributed by atoms with Crippen molar-refractivity contribution in [3.05, 3.63) is 30.1 Å². The maximum atomic E-state index is 13.6. The van der Waals surface area contributed by atoms with E-state index in [0.29, 0.717) is 0 Å². The van der Waals surface area contributed by atoms with Crippen molar-refractivity contribution in [2.45, 2.75) is 32.3 Å². The number of halogens is 2. The number of carbonyl (C=O) groups is 1. The number of carbonyl (C=O) groups excluding carboxylic acids is 1. The van der Waals surface area contributed by atoms with E-state index < -0.39 is 23.1 Å². The van der Waals surface area contributed by atoms with Crippen molar-refractivity contribution >= 4 is 5.97 Å². The Balaban J connectivity index is 2.90. The van der Waals surface area contributed by atoms with Crippen LogP contribution in [0.4, 0.5) is 8.78 Å². The molecule has 0 radical (unpaired) electrons. The Morgan fingerprint density at radius 2 is 1.75 bits per heavy atom. The lowest BCUT2D eigenvalue weighted by Gasteiger charge is -2.23. The molecule has 0 saturated carbocycles. The second-order valence-electron chi connectivity index (χ2n) is 4.31. The second-order valence-corrected chi connectivity index (χ2v) is 4.31. The summed E-state index contributed by atoms with van der Waals surface area (Å²) in [6.07, 6.45) is 2.40. The van der Waals surface area contributed by atoms with E-state index in [1.807, 2.05) is 0 Å². The van der Waals surface area contributed by atoms with Crippen LogP contribution >= 0.6 is 0 Å². The number of esters is 1. The maximum Gasteiger partial charge on any atom is 0.382 e. The predicted molar refractivity (Wildman–Crippen MR) is 54.0 cm³/mol. The van der Waals surface area contributed by atoms with Crippen molar-refractivity contribution in [1.29, 1.82) is 0 Å². The van der Waals surface area contributed by atoms with Crippen LogP contribution < -0.4 is 0 Å². The topological polar surface area (TPSA) is 39.2 Å². The molecule has 0 spiro atoms. The fourth-order valence-corrected chi connectivity index (χ4v) is 1.02. The van der Waals surface area contributed by atoms with Gasteiger partial charge in [0.25, 0.3) is 0 Å². The van der Waals surface area contributed by atoms with E-state index in [1.165, 1.54) is 33.2 Å². The van der Waals surface area contributed by atoms with Crippen molar-refractivity contribution in [3.8, 4) is 0 Å². The Bertz CT molecular complexity index is 371. The first-order valence-electron chi connectivity index (χ1n) is 4.75. The minimum absolute atomic E-state index is 0.420. The summed E-state index contributed by atoms with van der Waals surface area (Å²) in [5, 5.41) is 0. The van der Waals surface area contributed by atoms with Gasteiger partial charge in [0.15, 0.2) is 0 Å². The molecular weight excluding hydrogens is 216 g/mol. The lowest BCUT2D eigenvalue weighted by molar-refractivity contribution is -0.185. The molecule has 0 N–H and O–H groups in total. The number of hydrogen-bond donors (Lipinski definition) is 0. The molecule has 88 valence electrons. The highest BCUT2D eigenvalue weighted by atomic mass is 19.3. The van der Waals surface area contributed by atoms with E-state index in [2.05, 4.69) is 9.72 Å². The van der Waals surface area contributed by atoms with Crippen molar-refractivity contribution in [2.24, 2.45) is 0 Å². The van der Waals surface area contributed by atoms with Crippen LogP contribution in [-0.4, -0.2) is 16.6 Å². The standard InChI is InChI=1S/C11H13F2NO2/c1-10(2,3)16-9(15)11(12,13)8-4-6-14-7-5-8/h4-7H,1-3H3. The molecule has 0 fully saturated rings. The van der Waals surface area contributed by atoms with Crippen molar-refractivity contribution in [2.75, 3.05) is 0 Å². The van der Waals surface area contributed by atoms with Gasteiger partial charge in [0.1, 0.15) is 5.60 Å². The first-order chi connectivity index (χ1) is 7.23. The quantitative estimate of drug-likeness (QED) is 0.731. The van der Waals surface area contributed by atoms with Crippen LogP contribution in [0.2, 0.25) is 0 Å². The minimum Gasteiger partial charge on any atom is -0.455 e. The zero-order valence-corrected chi connectivity index (χ0v) is 9.33. The molecule has 0 aromatic carbocycles. The van der Waals surface area contributed by atoms with Crippen LogP contribution in [0.3, 0.4) is 0 Å². The lowest BCUT2D eigenvalue weighted by atomic mass is 10.1. The van der Waals surface area contributed by atoms with Crippen LogP contribution in [0.15, 0.2) is 24.5 Å². The number of alkyl halides is 2. The average Bonchev–Trinajstić information content (AvgIpc) is 2.16. The molecule has 5 heteroatoms. The molecule has 0 aliphatic carbocycles. The number of ether oxygens (including phenoxy) is 1. The van der Waals surface area contributed by atoms with E-state index in [9.17, 15) is 13.6 Å². The first kappa shape index (κ1) is 12.5. The Labute approximate surface area is 92.4 Å². The van der Waals surface area contributed by atoms with Gasteiger partial charge in [0, 0.05) is 18.0 Å². The SMILES string of the molecule is CC(C)(C)OC(=O)C(F)(F)c1ccncc1. The summed E-state index contributed by atoms with van der Waals surface area (Å²) in [6.45, 7) is 4.61. The van der Waals surface area contributed by atoms with E-state index in [1.54, 1.807) is 0 Å². The normalized spacial score (nSPS) is 12.3. The van der Waals surface area contributed by atoms with Crippen molar-refractivity contribution in [1.82, 2.24) is 4.98 Å². The molecule has 3 nitrogen and oxygen atoms in total. The van der Waals surface area contributed by atoms with Gasteiger partial charge in [-0.3, -0.25) is 4.98 Å². The molecule has 0 bridgehead atoms. The molecule has 1 heterocycles. The molecule has 0 atom stereocenters. The van der Waals surface area contributed by atoms with Crippen LogP contribution in [0.1, 0.15) is 26.3 Å². The van der Waals surface area contributed by atoms with Crippen molar-refractivity contribution < 1.29 is 18.3 Å². The van der Waals surface area contributed by atoms with Gasteiger partial charge in [-0.05, 0) is 32.9 Å². The molecule has 0 aliphatic rings. The second kappa shape index (κ2) is 4.15. The van der Waals surface area contributed by atoms with E-state index in [-0.39, 0.29) is 0 Å². The van der Waals surface area contributed by atoms with Gasteiger partial charge in [-0.25, -0.2) is 4.79 Å². The average molecular weight is 229 g/mol. The Morgan fingerprint density at radius 3 is 2.19 bits per heavy atom.